The molecule has 2 aliphatic heterocycles. The summed E-state index contributed by atoms with van der Waals surface area (Å²) in [6.07, 6.45) is -2.96. The molecule has 75 heavy (non-hydrogen) atoms. The number of aromatic nitrogens is 1. The molecule has 390 valence electrons. The Bertz CT molecular complexity index is 2970. The van der Waals surface area contributed by atoms with Gasteiger partial charge < -0.3 is 38.1 Å². The van der Waals surface area contributed by atoms with Gasteiger partial charge in [0.2, 0.25) is 5.91 Å². The van der Waals surface area contributed by atoms with E-state index in [2.05, 4.69) is 4.98 Å². The molecule has 2 aliphatic rings. The van der Waals surface area contributed by atoms with Gasteiger partial charge in [0.25, 0.3) is 0 Å². The minimum atomic E-state index is -1.36. The summed E-state index contributed by atoms with van der Waals surface area (Å²) in [7, 11) is 0. The maximum Gasteiger partial charge on any atom is 0.303 e. The van der Waals surface area contributed by atoms with Crippen LogP contribution in [0.25, 0.3) is 11.1 Å². The van der Waals surface area contributed by atoms with Crippen LogP contribution < -0.4 is 9.64 Å². The van der Waals surface area contributed by atoms with Gasteiger partial charge in [0.1, 0.15) is 43.1 Å². The van der Waals surface area contributed by atoms with Crippen LogP contribution in [0, 0.1) is 11.7 Å². The topological polar surface area (TPSA) is 183 Å². The highest BCUT2D eigenvalue weighted by Crippen LogP contribution is 2.50. The van der Waals surface area contributed by atoms with E-state index in [9.17, 15) is 33.2 Å². The molecule has 17 heteroatoms. The monoisotopic (exact) mass is 1040 g/mol. The average Bonchev–Trinajstić information content (AvgIpc) is 3.92. The summed E-state index contributed by atoms with van der Waals surface area (Å²) in [4.78, 5) is 83.9. The molecule has 15 nitrogen and oxygen atoms in total. The van der Waals surface area contributed by atoms with E-state index in [0.29, 0.717) is 40.1 Å². The number of esters is 5. The molecule has 0 spiro atoms. The smallest absolute Gasteiger partial charge is 0.303 e. The van der Waals surface area contributed by atoms with Crippen molar-refractivity contribution < 1.29 is 66.3 Å². The third-order valence-corrected chi connectivity index (χ3v) is 13.8. The molecular formula is C58H57FN2O13S. The third kappa shape index (κ3) is 13.5. The Balaban J connectivity index is 1.18. The number of carbonyl (C=O) groups is 6. The number of aryl methyl sites for hydroxylation is 2. The number of benzene rings is 5. The number of ether oxygens (including phenoxy) is 7. The van der Waals surface area contributed by atoms with Crippen molar-refractivity contribution >= 4 is 52.8 Å². The second-order valence-corrected chi connectivity index (χ2v) is 19.4. The number of halogens is 1. The van der Waals surface area contributed by atoms with E-state index in [0.717, 1.165) is 36.5 Å². The predicted octanol–water partition coefficient (Wildman–Crippen LogP) is 9.90. The highest BCUT2D eigenvalue weighted by atomic mass is 32.1. The van der Waals surface area contributed by atoms with Crippen LogP contribution >= 0.6 is 11.3 Å². The molecule has 1 aromatic heterocycles. The fourth-order valence-electron chi connectivity index (χ4n) is 9.64. The van der Waals surface area contributed by atoms with Crippen molar-refractivity contribution in [1.82, 2.24) is 4.98 Å². The van der Waals surface area contributed by atoms with Gasteiger partial charge in [-0.25, -0.2) is 4.39 Å². The van der Waals surface area contributed by atoms with Crippen LogP contribution in [0.4, 0.5) is 10.1 Å². The molecule has 3 heterocycles. The summed E-state index contributed by atoms with van der Waals surface area (Å²) < 4.78 is 55.5. The zero-order valence-electron chi connectivity index (χ0n) is 42.1. The summed E-state index contributed by atoms with van der Waals surface area (Å²) >= 11 is 1.60. The Morgan fingerprint density at radius 3 is 2.07 bits per heavy atom. The first-order valence-corrected chi connectivity index (χ1v) is 25.4. The van der Waals surface area contributed by atoms with Gasteiger partial charge in [0.05, 0.1) is 17.5 Å². The van der Waals surface area contributed by atoms with Crippen molar-refractivity contribution in [2.75, 3.05) is 11.5 Å². The summed E-state index contributed by atoms with van der Waals surface area (Å²) in [5, 5.41) is 0. The van der Waals surface area contributed by atoms with Gasteiger partial charge in [-0.1, -0.05) is 84.9 Å². The van der Waals surface area contributed by atoms with Gasteiger partial charge in [-0.2, -0.15) is 0 Å². The molecule has 5 aromatic carbocycles. The number of carbonyl (C=O) groups excluding carboxylic acids is 6. The summed E-state index contributed by atoms with van der Waals surface area (Å²) in [5.74, 6) is -4.02. The van der Waals surface area contributed by atoms with Gasteiger partial charge in [-0.05, 0) is 95.5 Å². The molecular weight excluding hydrogens is 984 g/mol. The Morgan fingerprint density at radius 2 is 1.40 bits per heavy atom. The lowest BCUT2D eigenvalue weighted by Gasteiger charge is -2.48. The van der Waals surface area contributed by atoms with Gasteiger partial charge >= 0.3 is 29.8 Å². The molecule has 0 bridgehead atoms. The van der Waals surface area contributed by atoms with Crippen molar-refractivity contribution in [2.24, 2.45) is 5.92 Å². The number of rotatable bonds is 20. The predicted molar refractivity (Wildman–Crippen MR) is 273 cm³/mol. The summed E-state index contributed by atoms with van der Waals surface area (Å²) in [5.41, 5.74) is 7.66. The quantitative estimate of drug-likeness (QED) is 0.0400. The number of hydrogen-bond acceptors (Lipinski definition) is 15. The van der Waals surface area contributed by atoms with Crippen LogP contribution in [0.2, 0.25) is 0 Å². The standard InChI is InChI=1S/C58H57FN2O13S/c1-34(62)68-32-52-55(71-36(3)64)57(73-38(5)66)56(72-37(4)65)54(74-52)44-13-9-12-42(28-44)43-19-25-48(51(29-43)69-31-40-10-7-6-8-11-40)53-49(26-27-50(70-35(2)63)41-17-20-45(59)21-18-41)58(67)61(53)46-22-14-39(15-23-46)16-24-47-30-60-33-75-47/h6-15,17-23,25,28-30,33,49-50,52-57H,16,24,26-27,31-32H2,1-5H3/t49-,50+,52-,53-,54+,55-,56+,57+/m1/s1. The minimum Gasteiger partial charge on any atom is -0.489 e. The molecule has 0 saturated carbocycles. The van der Waals surface area contributed by atoms with Crippen LogP contribution in [0.5, 0.6) is 5.75 Å². The second kappa shape index (κ2) is 24.5. The molecule has 0 unspecified atom stereocenters. The van der Waals surface area contributed by atoms with E-state index in [1.54, 1.807) is 40.5 Å². The molecule has 1 amide bonds. The van der Waals surface area contributed by atoms with Crippen molar-refractivity contribution in [3.05, 3.63) is 172 Å². The maximum atomic E-state index is 14.6. The van der Waals surface area contributed by atoms with Crippen LogP contribution in [-0.4, -0.2) is 71.8 Å². The second-order valence-electron chi connectivity index (χ2n) is 18.4. The minimum absolute atomic E-state index is 0.131. The fourth-order valence-corrected chi connectivity index (χ4v) is 10.2. The van der Waals surface area contributed by atoms with Gasteiger partial charge in [0.15, 0.2) is 18.3 Å². The molecule has 8 atom stereocenters. The summed E-state index contributed by atoms with van der Waals surface area (Å²) in [6, 6.07) is 35.7. The molecule has 2 fully saturated rings. The van der Waals surface area contributed by atoms with Crippen molar-refractivity contribution in [1.29, 1.82) is 0 Å². The fraction of sp³-hybridized carbons (Fsp3) is 0.328. The number of thiazole rings is 1. The molecule has 6 aromatic rings. The van der Waals surface area contributed by atoms with E-state index in [1.807, 2.05) is 96.6 Å². The van der Waals surface area contributed by atoms with E-state index in [1.165, 1.54) is 44.7 Å². The van der Waals surface area contributed by atoms with E-state index in [4.69, 9.17) is 33.2 Å². The van der Waals surface area contributed by atoms with E-state index >= 15 is 0 Å². The maximum absolute atomic E-state index is 14.6. The average molecular weight is 1040 g/mol. The highest BCUT2D eigenvalue weighted by Gasteiger charge is 2.53. The number of amides is 1. The first-order chi connectivity index (χ1) is 36.1. The largest absolute Gasteiger partial charge is 0.489 e. The van der Waals surface area contributed by atoms with Crippen molar-refractivity contribution in [3.8, 4) is 16.9 Å². The van der Waals surface area contributed by atoms with Crippen LogP contribution in [0.15, 0.2) is 133 Å². The van der Waals surface area contributed by atoms with Crippen LogP contribution in [0.3, 0.4) is 0 Å². The van der Waals surface area contributed by atoms with Crippen LogP contribution in [-0.2, 0) is 76.6 Å². The molecule has 0 N–H and O–H groups in total. The van der Waals surface area contributed by atoms with Crippen molar-refractivity contribution in [2.45, 2.75) is 110 Å². The Labute approximate surface area is 437 Å². The lowest BCUT2D eigenvalue weighted by atomic mass is 9.77. The van der Waals surface area contributed by atoms with Crippen molar-refractivity contribution in [3.63, 3.8) is 0 Å². The van der Waals surface area contributed by atoms with E-state index < -0.39 is 84.2 Å². The first-order valence-electron chi connectivity index (χ1n) is 24.5. The molecule has 8 rings (SSSR count). The molecule has 0 aliphatic carbocycles. The Kier molecular flexibility index (Phi) is 17.5. The normalized spacial score (nSPS) is 20.5. The highest BCUT2D eigenvalue weighted by molar-refractivity contribution is 7.09. The number of hydrogen-bond donors (Lipinski definition) is 0. The SMILES string of the molecule is CC(=O)OC[C@H]1O[C@@H](c2cccc(-c3ccc([C@@H]4[C@@H](CC[C@H](OC(C)=O)c5ccc(F)cc5)C(=O)N4c4ccc(CCc5cncs5)cc4)c(OCc4ccccc4)c3)c2)[C@H](OC(C)=O)[C@@H](OC(C)=O)[C@@H]1OC(C)=O. The van der Waals surface area contributed by atoms with Gasteiger partial charge in [-0.3, -0.25) is 33.8 Å². The lowest BCUT2D eigenvalue weighted by molar-refractivity contribution is -0.254. The van der Waals surface area contributed by atoms with Gasteiger partial charge in [-0.15, -0.1) is 11.3 Å². The zero-order valence-corrected chi connectivity index (χ0v) is 42.9. The number of β-lactam (4-membered cyclic amide) rings is 1. The lowest BCUT2D eigenvalue weighted by Crippen LogP contribution is -2.59. The molecule has 0 radical (unpaired) electrons. The number of anilines is 1. The Hall–Kier alpha value is -7.76. The van der Waals surface area contributed by atoms with Crippen LogP contribution in [0.1, 0.15) is 98.4 Å². The van der Waals surface area contributed by atoms with E-state index in [-0.39, 0.29) is 25.5 Å². The third-order valence-electron chi connectivity index (χ3n) is 13.0. The molecule has 2 saturated heterocycles. The Morgan fingerprint density at radius 1 is 0.707 bits per heavy atom. The van der Waals surface area contributed by atoms with Gasteiger partial charge in [0, 0.05) is 56.9 Å². The number of nitrogens with zero attached hydrogens (tertiary/aromatic N) is 2. The zero-order chi connectivity index (χ0) is 53.2. The summed E-state index contributed by atoms with van der Waals surface area (Å²) in [6.45, 7) is 5.84. The first kappa shape index (κ1) is 53.5.